The third-order valence-corrected chi connectivity index (χ3v) is 5.13. The summed E-state index contributed by atoms with van der Waals surface area (Å²) in [6.45, 7) is 7.48. The Morgan fingerprint density at radius 1 is 1.14 bits per heavy atom. The molecule has 0 nitrogen and oxygen atoms in total. The van der Waals surface area contributed by atoms with Gasteiger partial charge < -0.3 is 0 Å². The minimum absolute atomic E-state index is 0.538. The van der Waals surface area contributed by atoms with Crippen LogP contribution in [0.1, 0.15) is 59.3 Å². The Balaban J connectivity index is 2.57. The Bertz CT molecular complexity index is 166. The molecule has 1 heteroatoms. The summed E-state index contributed by atoms with van der Waals surface area (Å²) >= 11 is 1.99. The van der Waals surface area contributed by atoms with Gasteiger partial charge in [0.05, 0.1) is 0 Å². The average molecular weight is 214 g/mol. The number of thioether (sulfide) groups is 1. The van der Waals surface area contributed by atoms with Gasteiger partial charge in [0.25, 0.3) is 0 Å². The van der Waals surface area contributed by atoms with Gasteiger partial charge in [-0.2, -0.15) is 11.8 Å². The molecule has 1 saturated carbocycles. The molecular formula is C13H26S. The van der Waals surface area contributed by atoms with E-state index < -0.39 is 0 Å². The van der Waals surface area contributed by atoms with Gasteiger partial charge in [0, 0.05) is 0 Å². The molecule has 0 saturated heterocycles. The summed E-state index contributed by atoms with van der Waals surface area (Å²) in [5.41, 5.74) is 1.15. The quantitative estimate of drug-likeness (QED) is 0.651. The predicted molar refractivity (Wildman–Crippen MR) is 68.0 cm³/mol. The van der Waals surface area contributed by atoms with Crippen molar-refractivity contribution in [1.29, 1.82) is 0 Å². The van der Waals surface area contributed by atoms with Crippen molar-refractivity contribution in [1.82, 2.24) is 0 Å². The maximum absolute atomic E-state index is 2.52. The molecule has 0 N–H and O–H groups in total. The van der Waals surface area contributed by atoms with Crippen LogP contribution in [-0.4, -0.2) is 12.0 Å². The Morgan fingerprint density at radius 2 is 1.71 bits per heavy atom. The van der Waals surface area contributed by atoms with E-state index in [9.17, 15) is 0 Å². The van der Waals surface area contributed by atoms with Crippen LogP contribution in [0.25, 0.3) is 0 Å². The highest BCUT2D eigenvalue weighted by atomic mass is 32.2. The first-order valence-electron chi connectivity index (χ1n) is 6.01. The van der Waals surface area contributed by atoms with Gasteiger partial charge in [0.15, 0.2) is 0 Å². The molecule has 0 unspecified atom stereocenters. The Kier molecular flexibility index (Phi) is 4.36. The van der Waals surface area contributed by atoms with Crippen LogP contribution >= 0.6 is 11.8 Å². The zero-order valence-electron chi connectivity index (χ0n) is 10.4. The molecule has 0 amide bonds. The van der Waals surface area contributed by atoms with Crippen molar-refractivity contribution in [3.8, 4) is 0 Å². The summed E-state index contributed by atoms with van der Waals surface area (Å²) in [6.07, 6.45) is 10.9. The molecule has 0 aromatic carbocycles. The second-order valence-corrected chi connectivity index (χ2v) is 6.73. The van der Waals surface area contributed by atoms with Crippen molar-refractivity contribution in [2.75, 3.05) is 12.0 Å². The van der Waals surface area contributed by atoms with Gasteiger partial charge in [-0.3, -0.25) is 0 Å². The van der Waals surface area contributed by atoms with Gasteiger partial charge in [0.2, 0.25) is 0 Å². The number of hydrogen-bond donors (Lipinski definition) is 0. The van der Waals surface area contributed by atoms with E-state index in [1.165, 1.54) is 44.3 Å². The van der Waals surface area contributed by atoms with E-state index in [0.717, 1.165) is 0 Å². The maximum Gasteiger partial charge on any atom is -0.00650 e. The summed E-state index contributed by atoms with van der Waals surface area (Å²) in [7, 11) is 0. The fourth-order valence-electron chi connectivity index (χ4n) is 2.67. The fourth-order valence-corrected chi connectivity index (χ4v) is 3.38. The number of hydrogen-bond acceptors (Lipinski definition) is 1. The van der Waals surface area contributed by atoms with Gasteiger partial charge in [-0.15, -0.1) is 0 Å². The predicted octanol–water partition coefficient (Wildman–Crippen LogP) is 4.74. The monoisotopic (exact) mass is 214 g/mol. The summed E-state index contributed by atoms with van der Waals surface area (Å²) < 4.78 is 0. The lowest BCUT2D eigenvalue weighted by atomic mass is 9.59. The van der Waals surface area contributed by atoms with Gasteiger partial charge in [-0.1, -0.05) is 40.0 Å². The smallest absolute Gasteiger partial charge is 0.00650 e. The van der Waals surface area contributed by atoms with Crippen LogP contribution in [0.5, 0.6) is 0 Å². The lowest BCUT2D eigenvalue weighted by Gasteiger charge is -2.47. The standard InChI is InChI=1S/C13H26S/c1-12(2,10-11-14-4)13(3)8-6-5-7-9-13/h5-11H2,1-4H3. The van der Waals surface area contributed by atoms with Gasteiger partial charge in [0.1, 0.15) is 0 Å². The van der Waals surface area contributed by atoms with Crippen LogP contribution in [0.15, 0.2) is 0 Å². The molecule has 1 rings (SSSR count). The maximum atomic E-state index is 2.52. The average Bonchev–Trinajstić information content (AvgIpc) is 2.16. The summed E-state index contributed by atoms with van der Waals surface area (Å²) in [4.78, 5) is 0. The molecule has 1 fully saturated rings. The van der Waals surface area contributed by atoms with Gasteiger partial charge in [-0.05, 0) is 42.1 Å². The Hall–Kier alpha value is 0.350. The second-order valence-electron chi connectivity index (χ2n) is 5.75. The van der Waals surface area contributed by atoms with Crippen molar-refractivity contribution < 1.29 is 0 Å². The molecule has 84 valence electrons. The van der Waals surface area contributed by atoms with Crippen molar-refractivity contribution in [3.05, 3.63) is 0 Å². The van der Waals surface area contributed by atoms with Crippen molar-refractivity contribution in [2.45, 2.75) is 59.3 Å². The highest BCUT2D eigenvalue weighted by Gasteiger charge is 2.40. The van der Waals surface area contributed by atoms with Crippen LogP contribution in [0.2, 0.25) is 0 Å². The van der Waals surface area contributed by atoms with E-state index >= 15 is 0 Å². The summed E-state index contributed by atoms with van der Waals surface area (Å²) in [5, 5.41) is 0. The molecule has 0 spiro atoms. The zero-order valence-corrected chi connectivity index (χ0v) is 11.2. The largest absolute Gasteiger partial charge is 0.165 e. The molecule has 0 aromatic rings. The lowest BCUT2D eigenvalue weighted by molar-refractivity contribution is 0.0415. The van der Waals surface area contributed by atoms with Crippen molar-refractivity contribution in [3.63, 3.8) is 0 Å². The normalized spacial score (nSPS) is 22.3. The molecule has 14 heavy (non-hydrogen) atoms. The van der Waals surface area contributed by atoms with E-state index in [2.05, 4.69) is 27.0 Å². The van der Waals surface area contributed by atoms with Crippen molar-refractivity contribution in [2.24, 2.45) is 10.8 Å². The molecular weight excluding hydrogens is 188 g/mol. The van der Waals surface area contributed by atoms with E-state index in [0.29, 0.717) is 10.8 Å². The molecule has 1 aliphatic rings. The lowest BCUT2D eigenvalue weighted by Crippen LogP contribution is -2.37. The SMILES string of the molecule is CSCCC(C)(C)C1(C)CCCCC1. The van der Waals surface area contributed by atoms with E-state index in [-0.39, 0.29) is 0 Å². The van der Waals surface area contributed by atoms with Crippen LogP contribution in [0.4, 0.5) is 0 Å². The molecule has 0 aliphatic heterocycles. The Morgan fingerprint density at radius 3 is 2.21 bits per heavy atom. The third-order valence-electron chi connectivity index (χ3n) is 4.52. The van der Waals surface area contributed by atoms with E-state index in [1.807, 2.05) is 11.8 Å². The summed E-state index contributed by atoms with van der Waals surface area (Å²) in [5.74, 6) is 1.32. The molecule has 0 radical (unpaired) electrons. The minimum Gasteiger partial charge on any atom is -0.165 e. The van der Waals surface area contributed by atoms with E-state index in [4.69, 9.17) is 0 Å². The van der Waals surface area contributed by atoms with Gasteiger partial charge >= 0.3 is 0 Å². The second kappa shape index (κ2) is 4.92. The van der Waals surface area contributed by atoms with Crippen LogP contribution in [0.3, 0.4) is 0 Å². The van der Waals surface area contributed by atoms with Crippen LogP contribution < -0.4 is 0 Å². The first-order valence-corrected chi connectivity index (χ1v) is 7.40. The molecule has 1 aliphatic carbocycles. The fraction of sp³-hybridized carbons (Fsp3) is 1.00. The molecule has 0 bridgehead atoms. The highest BCUT2D eigenvalue weighted by Crippen LogP contribution is 2.51. The topological polar surface area (TPSA) is 0 Å². The molecule has 0 atom stereocenters. The highest BCUT2D eigenvalue weighted by molar-refractivity contribution is 7.98. The zero-order chi connectivity index (χ0) is 10.7. The first-order chi connectivity index (χ1) is 6.52. The van der Waals surface area contributed by atoms with Crippen LogP contribution in [0, 0.1) is 10.8 Å². The molecule has 0 aromatic heterocycles. The summed E-state index contributed by atoms with van der Waals surface area (Å²) in [6, 6.07) is 0. The van der Waals surface area contributed by atoms with Crippen molar-refractivity contribution >= 4 is 11.8 Å². The number of rotatable bonds is 4. The van der Waals surface area contributed by atoms with Crippen LogP contribution in [-0.2, 0) is 0 Å². The first kappa shape index (κ1) is 12.4. The molecule has 0 heterocycles. The van der Waals surface area contributed by atoms with Gasteiger partial charge in [-0.25, -0.2) is 0 Å². The van der Waals surface area contributed by atoms with E-state index in [1.54, 1.807) is 0 Å². The Labute approximate surface area is 94.2 Å². The minimum atomic E-state index is 0.538. The third kappa shape index (κ3) is 2.68.